The van der Waals surface area contributed by atoms with Gasteiger partial charge < -0.3 is 4.84 Å². The first kappa shape index (κ1) is 37.5. The molecule has 6 aromatic rings. The Kier molecular flexibility index (Phi) is 10.6. The van der Waals surface area contributed by atoms with E-state index < -0.39 is 6.09 Å². The predicted octanol–water partition coefficient (Wildman–Crippen LogP) is 11.1. The first-order chi connectivity index (χ1) is 26.4. The second-order valence-electron chi connectivity index (χ2n) is 16.0. The number of benzene rings is 5. The van der Waals surface area contributed by atoms with Crippen LogP contribution in [0.2, 0.25) is 0 Å². The van der Waals surface area contributed by atoms with Crippen molar-refractivity contribution in [2.45, 2.75) is 84.8 Å². The van der Waals surface area contributed by atoms with Gasteiger partial charge in [-0.05, 0) is 96.2 Å². The highest BCUT2D eigenvalue weighted by atomic mass is 16.7. The van der Waals surface area contributed by atoms with E-state index >= 15 is 0 Å². The van der Waals surface area contributed by atoms with Gasteiger partial charge in [0.15, 0.2) is 5.78 Å². The van der Waals surface area contributed by atoms with Gasteiger partial charge in [-0.25, -0.2) is 9.48 Å². The molecule has 55 heavy (non-hydrogen) atoms. The van der Waals surface area contributed by atoms with Crippen molar-refractivity contribution < 1.29 is 14.4 Å². The third-order valence-electron chi connectivity index (χ3n) is 10.7. The van der Waals surface area contributed by atoms with E-state index in [1.165, 1.54) is 0 Å². The van der Waals surface area contributed by atoms with E-state index in [0.29, 0.717) is 40.2 Å². The number of aryl methyl sites for hydroxylation is 2. The highest BCUT2D eigenvalue weighted by Gasteiger charge is 2.45. The molecule has 1 saturated heterocycles. The van der Waals surface area contributed by atoms with Crippen molar-refractivity contribution in [3.63, 3.8) is 0 Å². The van der Waals surface area contributed by atoms with Gasteiger partial charge in [-0.2, -0.15) is 5.10 Å². The van der Waals surface area contributed by atoms with E-state index in [2.05, 4.69) is 65.0 Å². The van der Waals surface area contributed by atoms with Crippen LogP contribution in [-0.2, 0) is 17.8 Å². The molecule has 0 radical (unpaired) electrons. The van der Waals surface area contributed by atoms with Gasteiger partial charge in [0.05, 0.1) is 45.9 Å². The van der Waals surface area contributed by atoms with E-state index in [1.54, 1.807) is 4.90 Å². The Morgan fingerprint density at radius 1 is 0.709 bits per heavy atom. The van der Waals surface area contributed by atoms with Crippen molar-refractivity contribution in [1.82, 2.24) is 14.8 Å². The Labute approximate surface area is 325 Å². The maximum Gasteiger partial charge on any atom is 0.433 e. The number of piperidine rings is 1. The average Bonchev–Trinajstić information content (AvgIpc) is 3.55. The van der Waals surface area contributed by atoms with Gasteiger partial charge in [0, 0.05) is 17.5 Å². The van der Waals surface area contributed by atoms with Crippen molar-refractivity contribution in [2.24, 2.45) is 0 Å². The minimum absolute atomic E-state index is 0.138. The maximum absolute atomic E-state index is 15.0. The molecule has 0 N–H and O–H groups in total. The van der Waals surface area contributed by atoms with Crippen LogP contribution in [-0.4, -0.2) is 37.8 Å². The van der Waals surface area contributed by atoms with E-state index in [0.717, 1.165) is 47.2 Å². The zero-order valence-electron chi connectivity index (χ0n) is 32.8. The third-order valence-corrected chi connectivity index (χ3v) is 10.7. The smallest absolute Gasteiger partial charge is 0.350 e. The summed E-state index contributed by atoms with van der Waals surface area (Å²) in [6, 6.07) is 43.6. The van der Waals surface area contributed by atoms with Crippen LogP contribution in [0.3, 0.4) is 0 Å². The van der Waals surface area contributed by atoms with Crippen LogP contribution in [0.1, 0.15) is 90.8 Å². The lowest BCUT2D eigenvalue weighted by atomic mass is 9.82. The monoisotopic (exact) mass is 730 g/mol. The van der Waals surface area contributed by atoms with Crippen LogP contribution in [0, 0.1) is 13.8 Å². The molecule has 1 aliphatic rings. The number of carbonyl (C=O) groups is 2. The number of hydroxylamine groups is 2. The molecule has 0 saturated carbocycles. The summed E-state index contributed by atoms with van der Waals surface area (Å²) in [6.07, 6.45) is 2.82. The molecule has 1 amide bonds. The van der Waals surface area contributed by atoms with Gasteiger partial charge in [-0.1, -0.05) is 120 Å². The Bertz CT molecular complexity index is 2260. The van der Waals surface area contributed by atoms with Crippen molar-refractivity contribution in [1.29, 1.82) is 0 Å². The molecule has 1 aliphatic heterocycles. The molecule has 0 aliphatic carbocycles. The van der Waals surface area contributed by atoms with Crippen LogP contribution in [0.25, 0.3) is 16.9 Å². The highest BCUT2D eigenvalue weighted by Crippen LogP contribution is 2.42. The molecule has 7 heteroatoms. The fourth-order valence-corrected chi connectivity index (χ4v) is 7.91. The summed E-state index contributed by atoms with van der Waals surface area (Å²) in [4.78, 5) is 38.1. The molecule has 7 nitrogen and oxygen atoms in total. The number of rotatable bonds is 10. The molecular formula is C48H50N4O3. The standard InChI is InChI=1S/C48H50N4O3/c1-34-23-26-39(27-24-34)51-44(43(45(53)38-21-14-9-15-22-38)41(49-51)32-36-17-10-7-11-18-36)40-31-35(2)25-28-42(40)50(33-37-19-12-8-13-20-37)46(54)55-52-47(3,4)29-16-30-48(52,5)6/h7-15,17-28,31H,16,29-30,32-33H2,1-6H3. The lowest BCUT2D eigenvalue weighted by Gasteiger charge is -2.50. The normalized spacial score (nSPS) is 15.0. The zero-order valence-corrected chi connectivity index (χ0v) is 32.8. The lowest BCUT2D eigenvalue weighted by molar-refractivity contribution is -0.237. The van der Waals surface area contributed by atoms with Gasteiger partial charge in [-0.3, -0.25) is 9.69 Å². The number of anilines is 1. The molecular weight excluding hydrogens is 681 g/mol. The Balaban J connectivity index is 1.48. The molecule has 1 aromatic heterocycles. The van der Waals surface area contributed by atoms with Crippen LogP contribution < -0.4 is 4.90 Å². The number of aromatic nitrogens is 2. The fraction of sp³-hybridized carbons (Fsp3) is 0.271. The van der Waals surface area contributed by atoms with Crippen molar-refractivity contribution >= 4 is 17.6 Å². The molecule has 0 unspecified atom stereocenters. The summed E-state index contributed by atoms with van der Waals surface area (Å²) in [5, 5.41) is 7.17. The predicted molar refractivity (Wildman–Crippen MR) is 221 cm³/mol. The summed E-state index contributed by atoms with van der Waals surface area (Å²) in [7, 11) is 0. The molecule has 5 aromatic carbocycles. The molecule has 2 heterocycles. The number of ketones is 1. The quantitative estimate of drug-likeness (QED) is 0.131. The summed E-state index contributed by atoms with van der Waals surface area (Å²) in [6.45, 7) is 12.9. The van der Waals surface area contributed by atoms with Crippen LogP contribution in [0.4, 0.5) is 10.5 Å². The number of carbonyl (C=O) groups excluding carboxylic acids is 2. The third kappa shape index (κ3) is 8.03. The number of nitrogens with zero attached hydrogens (tertiary/aromatic N) is 4. The SMILES string of the molecule is Cc1ccc(-n2nc(Cc3ccccc3)c(C(=O)c3ccccc3)c2-c2cc(C)ccc2N(Cc2ccccc2)C(=O)ON2C(C)(C)CCCC2(C)C)cc1. The summed E-state index contributed by atoms with van der Waals surface area (Å²) in [5.41, 5.74) is 7.80. The molecule has 0 bridgehead atoms. The average molecular weight is 731 g/mol. The van der Waals surface area contributed by atoms with Gasteiger partial charge in [0.25, 0.3) is 0 Å². The highest BCUT2D eigenvalue weighted by molar-refractivity contribution is 6.14. The molecule has 0 atom stereocenters. The number of hydrogen-bond donors (Lipinski definition) is 0. The molecule has 280 valence electrons. The minimum Gasteiger partial charge on any atom is -0.350 e. The van der Waals surface area contributed by atoms with Crippen molar-refractivity contribution in [2.75, 3.05) is 4.90 Å². The van der Waals surface area contributed by atoms with Gasteiger partial charge in [0.1, 0.15) is 0 Å². The van der Waals surface area contributed by atoms with Crippen LogP contribution in [0.5, 0.6) is 0 Å². The van der Waals surface area contributed by atoms with E-state index in [9.17, 15) is 9.59 Å². The summed E-state index contributed by atoms with van der Waals surface area (Å²) in [5.74, 6) is -0.138. The first-order valence-corrected chi connectivity index (χ1v) is 19.2. The first-order valence-electron chi connectivity index (χ1n) is 19.2. The fourth-order valence-electron chi connectivity index (χ4n) is 7.91. The number of hydrogen-bond acceptors (Lipinski definition) is 5. The van der Waals surface area contributed by atoms with Gasteiger partial charge in [0.2, 0.25) is 0 Å². The van der Waals surface area contributed by atoms with Crippen LogP contribution in [0.15, 0.2) is 133 Å². The van der Waals surface area contributed by atoms with E-state index in [-0.39, 0.29) is 23.4 Å². The lowest BCUT2D eigenvalue weighted by Crippen LogP contribution is -2.59. The molecule has 0 spiro atoms. The summed E-state index contributed by atoms with van der Waals surface area (Å²) >= 11 is 0. The van der Waals surface area contributed by atoms with Gasteiger partial charge in [-0.15, -0.1) is 5.06 Å². The molecule has 1 fully saturated rings. The zero-order chi connectivity index (χ0) is 38.7. The Morgan fingerprint density at radius 3 is 1.89 bits per heavy atom. The number of amides is 1. The Hall–Kier alpha value is -5.79. The Morgan fingerprint density at radius 2 is 1.27 bits per heavy atom. The van der Waals surface area contributed by atoms with Crippen molar-refractivity contribution in [3.8, 4) is 16.9 Å². The maximum atomic E-state index is 15.0. The second-order valence-corrected chi connectivity index (χ2v) is 16.0. The minimum atomic E-state index is -0.487. The van der Waals surface area contributed by atoms with Crippen molar-refractivity contribution in [3.05, 3.63) is 173 Å². The van der Waals surface area contributed by atoms with Gasteiger partial charge >= 0.3 is 6.09 Å². The van der Waals surface area contributed by atoms with Crippen LogP contribution >= 0.6 is 0 Å². The second kappa shape index (κ2) is 15.5. The molecule has 7 rings (SSSR count). The largest absolute Gasteiger partial charge is 0.433 e. The van der Waals surface area contributed by atoms with E-state index in [1.807, 2.05) is 120 Å². The van der Waals surface area contributed by atoms with E-state index in [4.69, 9.17) is 9.94 Å². The summed E-state index contributed by atoms with van der Waals surface area (Å²) < 4.78 is 1.88. The topological polar surface area (TPSA) is 67.7 Å².